The minimum atomic E-state index is -0.822. The van der Waals surface area contributed by atoms with E-state index in [2.05, 4.69) is 10.0 Å². The molecule has 1 aromatic rings. The van der Waals surface area contributed by atoms with Crippen LogP contribution in [0.25, 0.3) is 10.4 Å². The average Bonchev–Trinajstić information content (AvgIpc) is 2.28. The Bertz CT molecular complexity index is 400. The highest BCUT2D eigenvalue weighted by molar-refractivity contribution is 5.38. The Hall–Kier alpha value is -1.71. The molecule has 0 heterocycles. The highest BCUT2D eigenvalue weighted by Gasteiger charge is 2.12. The van der Waals surface area contributed by atoms with E-state index in [0.29, 0.717) is 17.9 Å². The maximum Gasteiger partial charge on any atom is 0.125 e. The molecule has 0 aliphatic heterocycles. The average molecular weight is 221 g/mol. The Kier molecular flexibility index (Phi) is 4.64. The molecular weight excluding hydrogens is 206 g/mol. The summed E-state index contributed by atoms with van der Waals surface area (Å²) in [6.45, 7) is 4.35. The van der Waals surface area contributed by atoms with Gasteiger partial charge in [0, 0.05) is 10.5 Å². The molecule has 5 heteroatoms. The molecule has 5 nitrogen and oxygen atoms in total. The van der Waals surface area contributed by atoms with E-state index in [-0.39, 0.29) is 6.54 Å². The molecule has 0 spiro atoms. The number of aliphatic hydroxyl groups is 1. The fourth-order valence-corrected chi connectivity index (χ4v) is 1.43. The minimum Gasteiger partial charge on any atom is -0.493 e. The van der Waals surface area contributed by atoms with E-state index in [1.807, 2.05) is 32.0 Å². The van der Waals surface area contributed by atoms with Crippen molar-refractivity contribution in [3.05, 3.63) is 39.8 Å². The van der Waals surface area contributed by atoms with E-state index < -0.39 is 6.10 Å². The zero-order valence-corrected chi connectivity index (χ0v) is 9.42. The molecule has 0 saturated carbocycles. The maximum atomic E-state index is 9.84. The lowest BCUT2D eigenvalue weighted by Gasteiger charge is -2.14. The van der Waals surface area contributed by atoms with Crippen molar-refractivity contribution in [2.75, 3.05) is 13.2 Å². The molecule has 1 aromatic carbocycles. The van der Waals surface area contributed by atoms with Gasteiger partial charge in [0.2, 0.25) is 0 Å². The number of hydrogen-bond acceptors (Lipinski definition) is 3. The van der Waals surface area contributed by atoms with Crippen LogP contribution in [-0.2, 0) is 0 Å². The molecule has 16 heavy (non-hydrogen) atoms. The summed E-state index contributed by atoms with van der Waals surface area (Å²) in [7, 11) is 0. The van der Waals surface area contributed by atoms with Gasteiger partial charge in [0.25, 0.3) is 0 Å². The van der Waals surface area contributed by atoms with Crippen LogP contribution in [0.2, 0.25) is 0 Å². The van der Waals surface area contributed by atoms with Gasteiger partial charge in [-0.2, -0.15) is 0 Å². The van der Waals surface area contributed by atoms with Gasteiger partial charge in [0.1, 0.15) is 5.75 Å². The van der Waals surface area contributed by atoms with Gasteiger partial charge in [-0.15, -0.1) is 0 Å². The Labute approximate surface area is 94.3 Å². The highest BCUT2D eigenvalue weighted by atomic mass is 16.5. The number of hydrogen-bond donors (Lipinski definition) is 1. The third-order valence-electron chi connectivity index (χ3n) is 2.14. The van der Waals surface area contributed by atoms with E-state index in [1.54, 1.807) is 0 Å². The summed E-state index contributed by atoms with van der Waals surface area (Å²) in [6.07, 6.45) is -0.822. The van der Waals surface area contributed by atoms with Crippen LogP contribution in [0.5, 0.6) is 5.75 Å². The Morgan fingerprint density at radius 2 is 2.31 bits per heavy atom. The minimum absolute atomic E-state index is 0.0139. The van der Waals surface area contributed by atoms with Gasteiger partial charge < -0.3 is 9.84 Å². The smallest absolute Gasteiger partial charge is 0.125 e. The third-order valence-corrected chi connectivity index (χ3v) is 2.14. The van der Waals surface area contributed by atoms with E-state index in [1.165, 1.54) is 0 Å². The molecule has 0 aliphatic rings. The predicted octanol–water partition coefficient (Wildman–Crippen LogP) is 2.74. The van der Waals surface area contributed by atoms with Crippen molar-refractivity contribution in [2.45, 2.75) is 20.0 Å². The number of rotatable bonds is 5. The molecule has 86 valence electrons. The van der Waals surface area contributed by atoms with Gasteiger partial charge in [0.15, 0.2) is 0 Å². The number of aliphatic hydroxyl groups excluding tert-OH is 1. The molecule has 1 atom stereocenters. The SMILES string of the molecule is CCOc1ccc(C)cc1C(O)CN=[N+]=[N-]. The predicted molar refractivity (Wildman–Crippen MR) is 61.3 cm³/mol. The van der Waals surface area contributed by atoms with Crippen molar-refractivity contribution in [2.24, 2.45) is 5.11 Å². The van der Waals surface area contributed by atoms with Crippen LogP contribution in [-0.4, -0.2) is 18.3 Å². The number of azide groups is 1. The van der Waals surface area contributed by atoms with Crippen LogP contribution in [0.4, 0.5) is 0 Å². The summed E-state index contributed by atoms with van der Waals surface area (Å²) < 4.78 is 5.40. The molecule has 1 unspecified atom stereocenters. The van der Waals surface area contributed by atoms with Crippen LogP contribution in [0.1, 0.15) is 24.2 Å². The molecule has 1 N–H and O–H groups in total. The van der Waals surface area contributed by atoms with Gasteiger partial charge in [-0.05, 0) is 31.5 Å². The van der Waals surface area contributed by atoms with E-state index in [4.69, 9.17) is 10.3 Å². The molecule has 0 aliphatic carbocycles. The number of nitrogens with zero attached hydrogens (tertiary/aromatic N) is 3. The van der Waals surface area contributed by atoms with Crippen molar-refractivity contribution < 1.29 is 9.84 Å². The lowest BCUT2D eigenvalue weighted by atomic mass is 10.1. The summed E-state index contributed by atoms with van der Waals surface area (Å²) in [5, 5.41) is 13.2. The van der Waals surface area contributed by atoms with Gasteiger partial charge in [-0.3, -0.25) is 0 Å². The van der Waals surface area contributed by atoms with Crippen molar-refractivity contribution in [3.63, 3.8) is 0 Å². The number of aryl methyl sites for hydroxylation is 1. The standard InChI is InChI=1S/C11H15N3O2/c1-3-16-11-5-4-8(2)6-9(11)10(15)7-13-14-12/h4-6,10,15H,3,7H2,1-2H3. The van der Waals surface area contributed by atoms with Crippen molar-refractivity contribution >= 4 is 0 Å². The Morgan fingerprint density at radius 1 is 1.56 bits per heavy atom. The van der Waals surface area contributed by atoms with Crippen molar-refractivity contribution in [1.29, 1.82) is 0 Å². The molecule has 0 fully saturated rings. The third kappa shape index (κ3) is 3.15. The van der Waals surface area contributed by atoms with Gasteiger partial charge in [-0.25, -0.2) is 0 Å². The van der Waals surface area contributed by atoms with Gasteiger partial charge in [0.05, 0.1) is 19.3 Å². The molecule has 0 aromatic heterocycles. The molecule has 0 saturated heterocycles. The number of benzene rings is 1. The van der Waals surface area contributed by atoms with Crippen molar-refractivity contribution in [1.82, 2.24) is 0 Å². The van der Waals surface area contributed by atoms with Crippen LogP contribution in [0.3, 0.4) is 0 Å². The van der Waals surface area contributed by atoms with Crippen LogP contribution in [0, 0.1) is 6.92 Å². The largest absolute Gasteiger partial charge is 0.493 e. The Morgan fingerprint density at radius 3 is 2.94 bits per heavy atom. The molecule has 1 rings (SSSR count). The number of ether oxygens (including phenoxy) is 1. The topological polar surface area (TPSA) is 78.2 Å². The maximum absolute atomic E-state index is 9.84. The first-order valence-corrected chi connectivity index (χ1v) is 5.11. The second-order valence-electron chi connectivity index (χ2n) is 3.40. The first-order chi connectivity index (χ1) is 7.69. The zero-order valence-electron chi connectivity index (χ0n) is 9.42. The monoisotopic (exact) mass is 221 g/mol. The van der Waals surface area contributed by atoms with Crippen LogP contribution in [0.15, 0.2) is 23.3 Å². The van der Waals surface area contributed by atoms with Crippen molar-refractivity contribution in [3.8, 4) is 5.75 Å². The highest BCUT2D eigenvalue weighted by Crippen LogP contribution is 2.26. The molecule has 0 radical (unpaired) electrons. The summed E-state index contributed by atoms with van der Waals surface area (Å²) in [6, 6.07) is 5.56. The summed E-state index contributed by atoms with van der Waals surface area (Å²) in [5.41, 5.74) is 9.89. The second kappa shape index (κ2) is 6.00. The van der Waals surface area contributed by atoms with Crippen LogP contribution >= 0.6 is 0 Å². The first kappa shape index (κ1) is 12.4. The molecule has 0 bridgehead atoms. The van der Waals surface area contributed by atoms with Gasteiger partial charge >= 0.3 is 0 Å². The lowest BCUT2D eigenvalue weighted by Crippen LogP contribution is -2.05. The van der Waals surface area contributed by atoms with Gasteiger partial charge in [-0.1, -0.05) is 16.7 Å². The lowest BCUT2D eigenvalue weighted by molar-refractivity contribution is 0.180. The summed E-state index contributed by atoms with van der Waals surface area (Å²) in [4.78, 5) is 2.62. The quantitative estimate of drug-likeness (QED) is 0.471. The van der Waals surface area contributed by atoms with Crippen LogP contribution < -0.4 is 4.74 Å². The second-order valence-corrected chi connectivity index (χ2v) is 3.40. The first-order valence-electron chi connectivity index (χ1n) is 5.11. The van der Waals surface area contributed by atoms with E-state index in [9.17, 15) is 5.11 Å². The Balaban J connectivity index is 2.98. The van der Waals surface area contributed by atoms with E-state index >= 15 is 0 Å². The van der Waals surface area contributed by atoms with E-state index in [0.717, 1.165) is 5.56 Å². The fourth-order valence-electron chi connectivity index (χ4n) is 1.43. The molecule has 0 amide bonds. The summed E-state index contributed by atoms with van der Waals surface area (Å²) in [5.74, 6) is 0.633. The molecular formula is C11H15N3O2. The fraction of sp³-hybridized carbons (Fsp3) is 0.455. The summed E-state index contributed by atoms with van der Waals surface area (Å²) >= 11 is 0. The zero-order chi connectivity index (χ0) is 12.0. The normalized spacial score (nSPS) is 11.7.